The van der Waals surface area contributed by atoms with Gasteiger partial charge < -0.3 is 16.0 Å². The molecule has 0 atom stereocenters. The molecule has 1 aliphatic heterocycles. The van der Waals surface area contributed by atoms with Gasteiger partial charge in [-0.3, -0.25) is 4.68 Å². The molecule has 1 saturated heterocycles. The van der Waals surface area contributed by atoms with Crippen LogP contribution in [0.25, 0.3) is 0 Å². The molecule has 0 radical (unpaired) electrons. The topological polar surface area (TPSA) is 59.1 Å². The van der Waals surface area contributed by atoms with Crippen LogP contribution in [-0.4, -0.2) is 40.9 Å². The van der Waals surface area contributed by atoms with Crippen LogP contribution in [0.1, 0.15) is 12.8 Å². The third kappa shape index (κ3) is 2.41. The Bertz CT molecular complexity index is 325. The number of rotatable bonds is 2. The molecule has 3 N–H and O–H groups in total. The summed E-state index contributed by atoms with van der Waals surface area (Å²) in [5.41, 5.74) is 6.56. The number of nitrogens with one attached hydrogen (secondary N) is 1. The first kappa shape index (κ1) is 10.3. The average molecular weight is 209 g/mol. The fourth-order valence-corrected chi connectivity index (χ4v) is 1.97. The third-order valence-electron chi connectivity index (χ3n) is 2.92. The van der Waals surface area contributed by atoms with Gasteiger partial charge in [0.05, 0.1) is 5.69 Å². The minimum Gasteiger partial charge on any atom is -0.394 e. The van der Waals surface area contributed by atoms with Crippen molar-refractivity contribution in [1.82, 2.24) is 14.7 Å². The van der Waals surface area contributed by atoms with Crippen molar-refractivity contribution in [2.45, 2.75) is 18.9 Å². The molecule has 0 spiro atoms. The predicted molar refractivity (Wildman–Crippen MR) is 61.8 cm³/mol. The smallest absolute Gasteiger partial charge is 0.171 e. The highest BCUT2D eigenvalue weighted by Gasteiger charge is 2.17. The molecular weight excluding hydrogens is 190 g/mol. The number of hydrogen-bond acceptors (Lipinski definition) is 4. The molecule has 0 amide bonds. The molecule has 2 heterocycles. The lowest BCUT2D eigenvalue weighted by Crippen LogP contribution is -2.36. The number of hydrogen-bond donors (Lipinski definition) is 2. The van der Waals surface area contributed by atoms with E-state index in [1.165, 1.54) is 0 Å². The van der Waals surface area contributed by atoms with Gasteiger partial charge in [-0.2, -0.15) is 5.10 Å². The normalized spacial score (nSPS) is 19.3. The first-order valence-corrected chi connectivity index (χ1v) is 5.39. The highest BCUT2D eigenvalue weighted by Crippen LogP contribution is 2.19. The number of likely N-dealkylation sites (tertiary alicyclic amines) is 1. The van der Waals surface area contributed by atoms with Crippen molar-refractivity contribution in [3.8, 4) is 0 Å². The Balaban J connectivity index is 1.94. The Kier molecular flexibility index (Phi) is 2.81. The summed E-state index contributed by atoms with van der Waals surface area (Å²) in [7, 11) is 4.04. The Hall–Kier alpha value is -1.23. The molecule has 0 saturated carbocycles. The molecule has 2 rings (SSSR count). The molecular formula is C10H19N5. The van der Waals surface area contributed by atoms with Gasteiger partial charge in [0, 0.05) is 19.3 Å². The third-order valence-corrected chi connectivity index (χ3v) is 2.92. The zero-order valence-electron chi connectivity index (χ0n) is 9.40. The van der Waals surface area contributed by atoms with Crippen LogP contribution < -0.4 is 11.1 Å². The highest BCUT2D eigenvalue weighted by molar-refractivity contribution is 5.60. The van der Waals surface area contributed by atoms with Crippen molar-refractivity contribution in [2.75, 3.05) is 31.2 Å². The molecule has 5 nitrogen and oxygen atoms in total. The van der Waals surface area contributed by atoms with Crippen LogP contribution in [0.2, 0.25) is 0 Å². The zero-order valence-corrected chi connectivity index (χ0v) is 9.40. The van der Waals surface area contributed by atoms with Crippen LogP contribution in [0, 0.1) is 0 Å². The van der Waals surface area contributed by atoms with Gasteiger partial charge in [-0.15, -0.1) is 0 Å². The monoisotopic (exact) mass is 209 g/mol. The van der Waals surface area contributed by atoms with Crippen LogP contribution in [0.3, 0.4) is 0 Å². The number of nitrogen functional groups attached to an aromatic ring is 1. The van der Waals surface area contributed by atoms with E-state index in [-0.39, 0.29) is 0 Å². The molecule has 0 aliphatic carbocycles. The standard InChI is InChI=1S/C10H19N5/c1-14-5-3-8(4-6-14)12-10-9(11)7-15(2)13-10/h7-8H,3-6,11H2,1-2H3,(H,12,13). The lowest BCUT2D eigenvalue weighted by molar-refractivity contribution is 0.263. The van der Waals surface area contributed by atoms with Crippen LogP contribution in [0.15, 0.2) is 6.20 Å². The fraction of sp³-hybridized carbons (Fsp3) is 0.700. The van der Waals surface area contributed by atoms with Gasteiger partial charge in [0.25, 0.3) is 0 Å². The fourth-order valence-electron chi connectivity index (χ4n) is 1.97. The van der Waals surface area contributed by atoms with Crippen LogP contribution in [0.4, 0.5) is 11.5 Å². The zero-order chi connectivity index (χ0) is 10.8. The second-order valence-corrected chi connectivity index (χ2v) is 4.33. The minimum atomic E-state index is 0.512. The lowest BCUT2D eigenvalue weighted by Gasteiger charge is -2.29. The largest absolute Gasteiger partial charge is 0.394 e. The SMILES string of the molecule is CN1CCC(Nc2nn(C)cc2N)CC1. The number of piperidine rings is 1. The summed E-state index contributed by atoms with van der Waals surface area (Å²) < 4.78 is 1.74. The first-order valence-electron chi connectivity index (χ1n) is 5.39. The van der Waals surface area contributed by atoms with Crippen LogP contribution in [0.5, 0.6) is 0 Å². The van der Waals surface area contributed by atoms with Crippen molar-refractivity contribution >= 4 is 11.5 Å². The van der Waals surface area contributed by atoms with E-state index in [1.54, 1.807) is 4.68 Å². The molecule has 1 aliphatic rings. The maximum Gasteiger partial charge on any atom is 0.171 e. The van der Waals surface area contributed by atoms with Gasteiger partial charge in [0.15, 0.2) is 5.82 Å². The van der Waals surface area contributed by atoms with Crippen LogP contribution in [-0.2, 0) is 7.05 Å². The van der Waals surface area contributed by atoms with E-state index in [0.717, 1.165) is 37.4 Å². The number of anilines is 2. The quantitative estimate of drug-likeness (QED) is 0.745. The number of nitrogens with zero attached hydrogens (tertiary/aromatic N) is 3. The summed E-state index contributed by atoms with van der Waals surface area (Å²) in [5.74, 6) is 0.826. The summed E-state index contributed by atoms with van der Waals surface area (Å²) >= 11 is 0. The van der Waals surface area contributed by atoms with Crippen molar-refractivity contribution < 1.29 is 0 Å². The Morgan fingerprint density at radius 2 is 2.07 bits per heavy atom. The molecule has 1 fully saturated rings. The van der Waals surface area contributed by atoms with E-state index in [0.29, 0.717) is 6.04 Å². The molecule has 84 valence electrons. The van der Waals surface area contributed by atoms with Gasteiger partial charge in [0.2, 0.25) is 0 Å². The van der Waals surface area contributed by atoms with E-state index >= 15 is 0 Å². The predicted octanol–water partition coefficient (Wildman–Crippen LogP) is 0.508. The second-order valence-electron chi connectivity index (χ2n) is 4.33. The van der Waals surface area contributed by atoms with Gasteiger partial charge in [-0.05, 0) is 33.0 Å². The molecule has 1 aromatic rings. The Morgan fingerprint density at radius 1 is 1.40 bits per heavy atom. The highest BCUT2D eigenvalue weighted by atomic mass is 15.3. The maximum absolute atomic E-state index is 5.83. The van der Waals surface area contributed by atoms with E-state index in [1.807, 2.05) is 13.2 Å². The van der Waals surface area contributed by atoms with Gasteiger partial charge in [-0.1, -0.05) is 0 Å². The van der Waals surface area contributed by atoms with Gasteiger partial charge >= 0.3 is 0 Å². The van der Waals surface area contributed by atoms with E-state index < -0.39 is 0 Å². The summed E-state index contributed by atoms with van der Waals surface area (Å²) in [4.78, 5) is 2.35. The van der Waals surface area contributed by atoms with Crippen molar-refractivity contribution in [3.63, 3.8) is 0 Å². The minimum absolute atomic E-state index is 0.512. The van der Waals surface area contributed by atoms with Crippen molar-refractivity contribution in [3.05, 3.63) is 6.20 Å². The molecule has 15 heavy (non-hydrogen) atoms. The van der Waals surface area contributed by atoms with Crippen molar-refractivity contribution in [2.24, 2.45) is 7.05 Å². The number of aromatic nitrogens is 2. The van der Waals surface area contributed by atoms with Crippen molar-refractivity contribution in [1.29, 1.82) is 0 Å². The maximum atomic E-state index is 5.83. The Morgan fingerprint density at radius 3 is 2.60 bits per heavy atom. The summed E-state index contributed by atoms with van der Waals surface area (Å²) in [6.45, 7) is 2.29. The van der Waals surface area contributed by atoms with E-state index in [4.69, 9.17) is 5.73 Å². The Labute approximate surface area is 90.2 Å². The second kappa shape index (κ2) is 4.10. The van der Waals surface area contributed by atoms with E-state index in [9.17, 15) is 0 Å². The number of aryl methyl sites for hydroxylation is 1. The summed E-state index contributed by atoms with van der Waals surface area (Å²) in [6.07, 6.45) is 4.15. The molecule has 0 bridgehead atoms. The molecule has 0 unspecified atom stereocenters. The first-order chi connectivity index (χ1) is 7.15. The summed E-state index contributed by atoms with van der Waals surface area (Å²) in [6, 6.07) is 0.512. The number of nitrogens with two attached hydrogens (primary N) is 1. The van der Waals surface area contributed by atoms with Gasteiger partial charge in [-0.25, -0.2) is 0 Å². The van der Waals surface area contributed by atoms with Crippen LogP contribution >= 0.6 is 0 Å². The molecule has 0 aromatic carbocycles. The summed E-state index contributed by atoms with van der Waals surface area (Å²) in [5, 5.41) is 7.70. The molecule has 5 heteroatoms. The molecule has 1 aromatic heterocycles. The average Bonchev–Trinajstić information content (AvgIpc) is 2.49. The van der Waals surface area contributed by atoms with Gasteiger partial charge in [0.1, 0.15) is 0 Å². The lowest BCUT2D eigenvalue weighted by atomic mass is 10.1. The van der Waals surface area contributed by atoms with E-state index in [2.05, 4.69) is 22.4 Å².